The molecule has 1 heterocycles. The van der Waals surface area contributed by atoms with E-state index in [0.29, 0.717) is 17.7 Å². The third-order valence-electron chi connectivity index (χ3n) is 2.90. The van der Waals surface area contributed by atoms with E-state index in [4.69, 9.17) is 5.73 Å². The van der Waals surface area contributed by atoms with Gasteiger partial charge in [0.15, 0.2) is 0 Å². The van der Waals surface area contributed by atoms with Crippen LogP contribution in [-0.2, 0) is 6.54 Å². The molecular weight excluding hydrogens is 262 g/mol. The third-order valence-corrected chi connectivity index (χ3v) is 2.90. The van der Waals surface area contributed by atoms with Crippen molar-refractivity contribution in [3.05, 3.63) is 65.0 Å². The number of aromatic nitrogens is 1. The largest absolute Gasteiger partial charge is 0.346 e. The molecule has 4 heteroatoms. The summed E-state index contributed by atoms with van der Waals surface area (Å²) in [5, 5.41) is 2.85. The van der Waals surface area contributed by atoms with Gasteiger partial charge in [-0.05, 0) is 36.8 Å². The maximum absolute atomic E-state index is 12.3. The topological polar surface area (TPSA) is 68.0 Å². The van der Waals surface area contributed by atoms with Crippen LogP contribution in [0.15, 0.2) is 42.6 Å². The highest BCUT2D eigenvalue weighted by Gasteiger charge is 2.10. The summed E-state index contributed by atoms with van der Waals surface area (Å²) in [4.78, 5) is 16.4. The van der Waals surface area contributed by atoms with Crippen LogP contribution < -0.4 is 11.1 Å². The van der Waals surface area contributed by atoms with Crippen LogP contribution in [0.4, 0.5) is 0 Å². The summed E-state index contributed by atoms with van der Waals surface area (Å²) in [6, 6.07) is 11.2. The first kappa shape index (κ1) is 14.8. The molecule has 0 aliphatic carbocycles. The molecule has 1 aromatic heterocycles. The monoisotopic (exact) mass is 279 g/mol. The van der Waals surface area contributed by atoms with Crippen LogP contribution in [0.5, 0.6) is 0 Å². The van der Waals surface area contributed by atoms with Crippen molar-refractivity contribution in [1.29, 1.82) is 0 Å². The first-order valence-electron chi connectivity index (χ1n) is 6.68. The number of nitrogens with one attached hydrogen (secondary N) is 1. The van der Waals surface area contributed by atoms with E-state index in [2.05, 4.69) is 22.1 Å². The summed E-state index contributed by atoms with van der Waals surface area (Å²) in [5.41, 5.74) is 8.51. The summed E-state index contributed by atoms with van der Waals surface area (Å²) in [7, 11) is 0. The minimum Gasteiger partial charge on any atom is -0.346 e. The fraction of sp³-hybridized carbons (Fsp3) is 0.176. The van der Waals surface area contributed by atoms with Crippen LogP contribution in [0, 0.1) is 18.8 Å². The van der Waals surface area contributed by atoms with Gasteiger partial charge in [-0.15, -0.1) is 0 Å². The molecule has 1 amide bonds. The second kappa shape index (κ2) is 7.22. The molecule has 0 spiro atoms. The SMILES string of the molecule is Cc1ccc(C(=O)NCc2ccccn2)c(C#CCN)c1. The van der Waals surface area contributed by atoms with Crippen molar-refractivity contribution < 1.29 is 4.79 Å². The predicted molar refractivity (Wildman–Crippen MR) is 82.5 cm³/mol. The van der Waals surface area contributed by atoms with E-state index in [1.807, 2.05) is 37.3 Å². The molecule has 2 rings (SSSR count). The number of hydrogen-bond acceptors (Lipinski definition) is 3. The second-order valence-electron chi connectivity index (χ2n) is 4.56. The van der Waals surface area contributed by atoms with Gasteiger partial charge >= 0.3 is 0 Å². The molecule has 2 aromatic rings. The molecule has 4 nitrogen and oxygen atoms in total. The molecular formula is C17H17N3O. The van der Waals surface area contributed by atoms with Gasteiger partial charge in [0.1, 0.15) is 0 Å². The summed E-state index contributed by atoms with van der Waals surface area (Å²) in [6.45, 7) is 2.61. The van der Waals surface area contributed by atoms with E-state index < -0.39 is 0 Å². The number of amides is 1. The number of carbonyl (C=O) groups is 1. The summed E-state index contributed by atoms with van der Waals surface area (Å²) < 4.78 is 0. The lowest BCUT2D eigenvalue weighted by molar-refractivity contribution is 0.0950. The van der Waals surface area contributed by atoms with Gasteiger partial charge in [0.2, 0.25) is 0 Å². The zero-order chi connectivity index (χ0) is 15.1. The third kappa shape index (κ3) is 4.16. The van der Waals surface area contributed by atoms with Crippen molar-refractivity contribution in [3.8, 4) is 11.8 Å². The number of benzene rings is 1. The van der Waals surface area contributed by atoms with E-state index in [9.17, 15) is 4.79 Å². The van der Waals surface area contributed by atoms with Crippen molar-refractivity contribution in [2.24, 2.45) is 5.73 Å². The van der Waals surface area contributed by atoms with E-state index in [0.717, 1.165) is 11.3 Å². The molecule has 0 radical (unpaired) electrons. The molecule has 0 atom stereocenters. The fourth-order valence-electron chi connectivity index (χ4n) is 1.87. The first-order valence-corrected chi connectivity index (χ1v) is 6.68. The number of rotatable bonds is 3. The zero-order valence-electron chi connectivity index (χ0n) is 11.9. The minimum absolute atomic E-state index is 0.165. The Bertz CT molecular complexity index is 684. The van der Waals surface area contributed by atoms with Crippen LogP contribution in [0.2, 0.25) is 0 Å². The second-order valence-corrected chi connectivity index (χ2v) is 4.56. The van der Waals surface area contributed by atoms with Crippen LogP contribution in [0.3, 0.4) is 0 Å². The molecule has 0 saturated carbocycles. The van der Waals surface area contributed by atoms with Gasteiger partial charge in [-0.2, -0.15) is 0 Å². The highest BCUT2D eigenvalue weighted by Crippen LogP contribution is 2.11. The molecule has 21 heavy (non-hydrogen) atoms. The maximum atomic E-state index is 12.3. The Morgan fingerprint density at radius 3 is 2.90 bits per heavy atom. The molecule has 3 N–H and O–H groups in total. The predicted octanol–water partition coefficient (Wildman–Crippen LogP) is 1.63. The van der Waals surface area contributed by atoms with Crippen molar-refractivity contribution in [2.45, 2.75) is 13.5 Å². The Morgan fingerprint density at radius 2 is 2.19 bits per heavy atom. The molecule has 0 saturated heterocycles. The Balaban J connectivity index is 2.15. The molecule has 1 aromatic carbocycles. The number of carbonyl (C=O) groups excluding carboxylic acids is 1. The lowest BCUT2D eigenvalue weighted by Gasteiger charge is -2.07. The number of nitrogens with zero attached hydrogens (tertiary/aromatic N) is 1. The fourth-order valence-corrected chi connectivity index (χ4v) is 1.87. The summed E-state index contributed by atoms with van der Waals surface area (Å²) in [5.74, 6) is 5.56. The number of nitrogens with two attached hydrogens (primary N) is 1. The summed E-state index contributed by atoms with van der Waals surface area (Å²) in [6.07, 6.45) is 1.70. The molecule has 0 aliphatic heterocycles. The molecule has 0 aliphatic rings. The minimum atomic E-state index is -0.165. The van der Waals surface area contributed by atoms with Crippen LogP contribution in [-0.4, -0.2) is 17.4 Å². The Morgan fingerprint density at radius 1 is 1.33 bits per heavy atom. The normalized spacial score (nSPS) is 9.62. The first-order chi connectivity index (χ1) is 10.2. The van der Waals surface area contributed by atoms with Crippen molar-refractivity contribution in [2.75, 3.05) is 6.54 Å². The Hall–Kier alpha value is -2.64. The van der Waals surface area contributed by atoms with E-state index in [1.54, 1.807) is 12.3 Å². The van der Waals surface area contributed by atoms with Gasteiger partial charge < -0.3 is 11.1 Å². The number of hydrogen-bond donors (Lipinski definition) is 2. The van der Waals surface area contributed by atoms with Gasteiger partial charge in [-0.25, -0.2) is 0 Å². The standard InChI is InChI=1S/C17H17N3O/c1-13-7-8-16(14(11-13)5-4-9-18)17(21)20-12-15-6-2-3-10-19-15/h2-3,6-8,10-11H,9,12,18H2,1H3,(H,20,21). The molecule has 106 valence electrons. The highest BCUT2D eigenvalue weighted by atomic mass is 16.1. The van der Waals surface area contributed by atoms with Crippen molar-refractivity contribution in [1.82, 2.24) is 10.3 Å². The van der Waals surface area contributed by atoms with Gasteiger partial charge in [-0.3, -0.25) is 9.78 Å². The van der Waals surface area contributed by atoms with Crippen molar-refractivity contribution in [3.63, 3.8) is 0 Å². The van der Waals surface area contributed by atoms with E-state index in [-0.39, 0.29) is 12.5 Å². The van der Waals surface area contributed by atoms with Gasteiger partial charge in [-0.1, -0.05) is 24.0 Å². The Labute approximate surface area is 124 Å². The molecule has 0 fully saturated rings. The van der Waals surface area contributed by atoms with Gasteiger partial charge in [0, 0.05) is 11.8 Å². The lowest BCUT2D eigenvalue weighted by Crippen LogP contribution is -2.24. The average Bonchev–Trinajstić information content (AvgIpc) is 2.51. The number of pyridine rings is 1. The number of aryl methyl sites for hydroxylation is 1. The smallest absolute Gasteiger partial charge is 0.252 e. The van der Waals surface area contributed by atoms with Crippen molar-refractivity contribution >= 4 is 5.91 Å². The molecule has 0 bridgehead atoms. The maximum Gasteiger partial charge on any atom is 0.252 e. The van der Waals surface area contributed by atoms with E-state index in [1.165, 1.54) is 0 Å². The highest BCUT2D eigenvalue weighted by molar-refractivity contribution is 5.96. The van der Waals surface area contributed by atoms with Crippen LogP contribution >= 0.6 is 0 Å². The van der Waals surface area contributed by atoms with E-state index >= 15 is 0 Å². The lowest BCUT2D eigenvalue weighted by atomic mass is 10.0. The van der Waals surface area contributed by atoms with Gasteiger partial charge in [0.05, 0.1) is 24.3 Å². The Kier molecular flexibility index (Phi) is 5.08. The summed E-state index contributed by atoms with van der Waals surface area (Å²) >= 11 is 0. The van der Waals surface area contributed by atoms with Gasteiger partial charge in [0.25, 0.3) is 5.91 Å². The quantitative estimate of drug-likeness (QED) is 0.839. The zero-order valence-corrected chi connectivity index (χ0v) is 11.9. The van der Waals surface area contributed by atoms with Crippen LogP contribution in [0.1, 0.15) is 27.2 Å². The van der Waals surface area contributed by atoms with Crippen LogP contribution in [0.25, 0.3) is 0 Å². The average molecular weight is 279 g/mol. The molecule has 0 unspecified atom stereocenters.